The summed E-state index contributed by atoms with van der Waals surface area (Å²) in [6.07, 6.45) is 0. The zero-order valence-corrected chi connectivity index (χ0v) is 8.28. The predicted octanol–water partition coefficient (Wildman–Crippen LogP) is 2.03. The maximum absolute atomic E-state index is 10.5. The molecule has 1 rings (SSSR count). The van der Waals surface area contributed by atoms with Crippen LogP contribution < -0.4 is 0 Å². The van der Waals surface area contributed by atoms with Crippen molar-refractivity contribution < 1.29 is 15.0 Å². The first-order chi connectivity index (χ1) is 5.65. The van der Waals surface area contributed by atoms with Gasteiger partial charge in [0.2, 0.25) is 0 Å². The van der Waals surface area contributed by atoms with Crippen LogP contribution in [-0.2, 0) is 4.43 Å². The van der Waals surface area contributed by atoms with Crippen LogP contribution in [0.4, 0.5) is 0 Å². The van der Waals surface area contributed by atoms with E-state index in [9.17, 15) is 9.90 Å². The Bertz CT molecular complexity index is 309. The molecule has 1 aromatic rings. The third kappa shape index (κ3) is 1.88. The van der Waals surface area contributed by atoms with E-state index in [1.54, 1.807) is 0 Å². The lowest BCUT2D eigenvalue weighted by Crippen LogP contribution is -1.96. The molecule has 0 saturated heterocycles. The van der Waals surface area contributed by atoms with Crippen LogP contribution in [0, 0.1) is 0 Å². The van der Waals surface area contributed by atoms with Crippen LogP contribution in [0.25, 0.3) is 0 Å². The summed E-state index contributed by atoms with van der Waals surface area (Å²) >= 11 is 2.07. The normalized spacial score (nSPS) is 9.75. The van der Waals surface area contributed by atoms with E-state index in [1.165, 1.54) is 18.2 Å². The van der Waals surface area contributed by atoms with Crippen LogP contribution in [0.3, 0.4) is 0 Å². The summed E-state index contributed by atoms with van der Waals surface area (Å²) in [6.45, 7) is 0. The number of phenols is 1. The van der Waals surface area contributed by atoms with Gasteiger partial charge in [-0.2, -0.15) is 0 Å². The van der Waals surface area contributed by atoms with Gasteiger partial charge in [-0.15, -0.1) is 0 Å². The van der Waals surface area contributed by atoms with Crippen LogP contribution in [0.15, 0.2) is 18.2 Å². The number of aromatic carboxylic acids is 1. The summed E-state index contributed by atoms with van der Waals surface area (Å²) in [7, 11) is 0. The highest BCUT2D eigenvalue weighted by molar-refractivity contribution is 14.1. The maximum atomic E-state index is 10.5. The summed E-state index contributed by atoms with van der Waals surface area (Å²) in [5, 5.41) is 17.8. The molecule has 0 aromatic heterocycles. The van der Waals surface area contributed by atoms with Gasteiger partial charge in [-0.1, -0.05) is 22.6 Å². The quantitative estimate of drug-likeness (QED) is 0.642. The molecule has 0 unspecified atom stereocenters. The van der Waals surface area contributed by atoms with Gasteiger partial charge in [0, 0.05) is 9.99 Å². The minimum atomic E-state index is -0.971. The Hall–Kier alpha value is -0.780. The molecular formula is C8H7IO3. The molecule has 0 bridgehead atoms. The van der Waals surface area contributed by atoms with Crippen LogP contribution in [-0.4, -0.2) is 16.2 Å². The molecule has 64 valence electrons. The maximum Gasteiger partial charge on any atom is 0.335 e. The lowest BCUT2D eigenvalue weighted by Gasteiger charge is -2.01. The molecule has 0 aliphatic heterocycles. The molecule has 0 aliphatic rings. The Labute approximate surface area is 83.2 Å². The summed E-state index contributed by atoms with van der Waals surface area (Å²) in [6, 6.07) is 4.26. The molecule has 12 heavy (non-hydrogen) atoms. The number of benzene rings is 1. The van der Waals surface area contributed by atoms with Crippen molar-refractivity contribution in [2.45, 2.75) is 4.43 Å². The zero-order valence-electron chi connectivity index (χ0n) is 6.12. The number of carboxylic acids is 1. The topological polar surface area (TPSA) is 57.5 Å². The molecule has 0 radical (unpaired) electrons. The molecule has 0 aliphatic carbocycles. The Kier molecular flexibility index (Phi) is 2.91. The molecule has 4 heteroatoms. The number of carboxylic acid groups (broad SMARTS) is 1. The molecule has 0 saturated carbocycles. The average Bonchev–Trinajstić information content (AvgIpc) is 2.05. The lowest BCUT2D eigenvalue weighted by atomic mass is 10.1. The van der Waals surface area contributed by atoms with Crippen molar-refractivity contribution in [3.63, 3.8) is 0 Å². The van der Waals surface area contributed by atoms with Gasteiger partial charge in [0.15, 0.2) is 0 Å². The SMILES string of the molecule is O=C(O)c1ccc(O)c(CI)c1. The van der Waals surface area contributed by atoms with Crippen molar-refractivity contribution in [3.8, 4) is 5.75 Å². The van der Waals surface area contributed by atoms with Crippen LogP contribution in [0.5, 0.6) is 5.75 Å². The second-order valence-corrected chi connectivity index (χ2v) is 3.05. The monoisotopic (exact) mass is 278 g/mol. The van der Waals surface area contributed by atoms with Gasteiger partial charge in [-0.3, -0.25) is 0 Å². The van der Waals surface area contributed by atoms with E-state index in [4.69, 9.17) is 5.11 Å². The summed E-state index contributed by atoms with van der Waals surface area (Å²) in [5.74, 6) is -0.824. The van der Waals surface area contributed by atoms with Crippen molar-refractivity contribution in [1.29, 1.82) is 0 Å². The predicted molar refractivity (Wildman–Crippen MR) is 52.8 cm³/mol. The number of halogens is 1. The van der Waals surface area contributed by atoms with Crippen LogP contribution >= 0.6 is 22.6 Å². The molecule has 0 amide bonds. The minimum absolute atomic E-state index is 0.148. The van der Waals surface area contributed by atoms with E-state index < -0.39 is 5.97 Å². The fourth-order valence-corrected chi connectivity index (χ4v) is 1.44. The number of hydrogen-bond acceptors (Lipinski definition) is 2. The van der Waals surface area contributed by atoms with Gasteiger partial charge in [0.25, 0.3) is 0 Å². The number of hydrogen-bond donors (Lipinski definition) is 2. The Morgan fingerprint density at radius 2 is 2.17 bits per heavy atom. The second-order valence-electron chi connectivity index (χ2n) is 2.28. The van der Waals surface area contributed by atoms with Gasteiger partial charge < -0.3 is 10.2 Å². The molecular weight excluding hydrogens is 271 g/mol. The first-order valence-electron chi connectivity index (χ1n) is 3.26. The summed E-state index contributed by atoms with van der Waals surface area (Å²) in [4.78, 5) is 10.5. The number of rotatable bonds is 2. The van der Waals surface area contributed by atoms with E-state index in [2.05, 4.69) is 22.6 Å². The zero-order chi connectivity index (χ0) is 9.14. The van der Waals surface area contributed by atoms with Crippen LogP contribution in [0.1, 0.15) is 15.9 Å². The van der Waals surface area contributed by atoms with E-state index in [-0.39, 0.29) is 11.3 Å². The molecule has 3 nitrogen and oxygen atoms in total. The largest absolute Gasteiger partial charge is 0.508 e. The number of phenolic OH excluding ortho intramolecular Hbond substituents is 1. The highest BCUT2D eigenvalue weighted by Crippen LogP contribution is 2.20. The fraction of sp³-hybridized carbons (Fsp3) is 0.125. The third-order valence-corrected chi connectivity index (χ3v) is 2.29. The first kappa shape index (κ1) is 9.31. The minimum Gasteiger partial charge on any atom is -0.508 e. The Balaban J connectivity index is 3.13. The Morgan fingerprint density at radius 1 is 1.50 bits per heavy atom. The Morgan fingerprint density at radius 3 is 2.67 bits per heavy atom. The van der Waals surface area contributed by atoms with Gasteiger partial charge in [-0.25, -0.2) is 4.79 Å². The van der Waals surface area contributed by atoms with Crippen molar-refractivity contribution in [2.75, 3.05) is 0 Å². The van der Waals surface area contributed by atoms with E-state index in [0.29, 0.717) is 9.99 Å². The van der Waals surface area contributed by atoms with Crippen molar-refractivity contribution in [3.05, 3.63) is 29.3 Å². The molecule has 0 atom stereocenters. The van der Waals surface area contributed by atoms with Crippen LogP contribution in [0.2, 0.25) is 0 Å². The third-order valence-electron chi connectivity index (χ3n) is 1.47. The van der Waals surface area contributed by atoms with Gasteiger partial charge >= 0.3 is 5.97 Å². The van der Waals surface area contributed by atoms with Crippen molar-refractivity contribution >= 4 is 28.6 Å². The van der Waals surface area contributed by atoms with Crippen molar-refractivity contribution in [2.24, 2.45) is 0 Å². The summed E-state index contributed by atoms with van der Waals surface area (Å²) < 4.78 is 0.602. The highest BCUT2D eigenvalue weighted by atomic mass is 127. The first-order valence-corrected chi connectivity index (χ1v) is 4.79. The number of carbonyl (C=O) groups is 1. The summed E-state index contributed by atoms with van der Waals surface area (Å²) in [5.41, 5.74) is 0.856. The molecule has 2 N–H and O–H groups in total. The van der Waals surface area contributed by atoms with Gasteiger partial charge in [0.1, 0.15) is 5.75 Å². The van der Waals surface area contributed by atoms with E-state index >= 15 is 0 Å². The smallest absolute Gasteiger partial charge is 0.335 e. The number of alkyl halides is 1. The molecule has 0 heterocycles. The van der Waals surface area contributed by atoms with E-state index in [1.807, 2.05) is 0 Å². The highest BCUT2D eigenvalue weighted by Gasteiger charge is 2.05. The molecule has 0 fully saturated rings. The molecule has 1 aromatic carbocycles. The van der Waals surface area contributed by atoms with Gasteiger partial charge in [0.05, 0.1) is 5.56 Å². The fourth-order valence-electron chi connectivity index (χ4n) is 0.826. The molecule has 0 spiro atoms. The van der Waals surface area contributed by atoms with Gasteiger partial charge in [-0.05, 0) is 18.2 Å². The number of aromatic hydroxyl groups is 1. The van der Waals surface area contributed by atoms with E-state index in [0.717, 1.165) is 0 Å². The standard InChI is InChI=1S/C8H7IO3/c9-4-6-3-5(8(11)12)1-2-7(6)10/h1-3,10H,4H2,(H,11,12). The second kappa shape index (κ2) is 3.75. The average molecular weight is 278 g/mol. The van der Waals surface area contributed by atoms with Crippen molar-refractivity contribution in [1.82, 2.24) is 0 Å². The lowest BCUT2D eigenvalue weighted by molar-refractivity contribution is 0.0697.